The van der Waals surface area contributed by atoms with Gasteiger partial charge in [-0.2, -0.15) is 0 Å². The smallest absolute Gasteiger partial charge is 0.360 e. The summed E-state index contributed by atoms with van der Waals surface area (Å²) in [5.74, 6) is -0.498. The minimum Gasteiger partial charge on any atom is -0.461 e. The van der Waals surface area contributed by atoms with E-state index in [1.54, 1.807) is 23.6 Å². The van der Waals surface area contributed by atoms with Gasteiger partial charge in [-0.1, -0.05) is 28.4 Å². The molecule has 0 fully saturated rings. The Bertz CT molecular complexity index is 803. The molecule has 0 aliphatic carbocycles. The molecule has 0 saturated heterocycles. The van der Waals surface area contributed by atoms with Crippen LogP contribution in [0.3, 0.4) is 0 Å². The second kappa shape index (κ2) is 5.94. The number of imidazole rings is 1. The first-order valence-electron chi connectivity index (χ1n) is 6.46. The average Bonchev–Trinajstić information content (AvgIpc) is 3.07. The highest BCUT2D eigenvalue weighted by atomic mass is 35.5. The number of ether oxygens (including phenoxy) is 1. The van der Waals surface area contributed by atoms with Gasteiger partial charge in [-0.05, 0) is 6.92 Å². The minimum atomic E-state index is -0.498. The van der Waals surface area contributed by atoms with Crippen LogP contribution in [0.5, 0.6) is 0 Å². The van der Waals surface area contributed by atoms with Crippen LogP contribution in [0, 0.1) is 0 Å². The minimum absolute atomic E-state index is 0.164. The second-order valence-electron chi connectivity index (χ2n) is 4.49. The Balaban J connectivity index is 1.82. The first-order chi connectivity index (χ1) is 10.6. The molecule has 114 valence electrons. The summed E-state index contributed by atoms with van der Waals surface area (Å²) in [5, 5.41) is 8.55. The molecule has 0 N–H and O–H groups in total. The highest BCUT2D eigenvalue weighted by molar-refractivity contribution is 6.42. The fraction of sp³-hybridized carbons (Fsp3) is 0.231. The summed E-state index contributed by atoms with van der Waals surface area (Å²) < 4.78 is 8.14. The zero-order chi connectivity index (χ0) is 15.7. The SMILES string of the molecule is CCOC(=O)c1cn(Cc2cn3cc(Cl)c(Cl)cc3n2)nn1. The number of fused-ring (bicyclic) bond motifs is 1. The van der Waals surface area contributed by atoms with Gasteiger partial charge in [0.1, 0.15) is 5.65 Å². The van der Waals surface area contributed by atoms with Crippen molar-refractivity contribution >= 4 is 34.8 Å². The fourth-order valence-corrected chi connectivity index (χ4v) is 2.26. The van der Waals surface area contributed by atoms with E-state index in [0.29, 0.717) is 28.8 Å². The van der Waals surface area contributed by atoms with Gasteiger partial charge < -0.3 is 9.14 Å². The molecule has 0 bridgehead atoms. The molecule has 3 heterocycles. The summed E-state index contributed by atoms with van der Waals surface area (Å²) in [6.45, 7) is 2.39. The van der Waals surface area contributed by atoms with Gasteiger partial charge in [0, 0.05) is 18.5 Å². The number of nitrogens with zero attached hydrogens (tertiary/aromatic N) is 5. The lowest BCUT2D eigenvalue weighted by Crippen LogP contribution is -2.05. The Labute approximate surface area is 135 Å². The van der Waals surface area contributed by atoms with E-state index in [0.717, 1.165) is 5.69 Å². The van der Waals surface area contributed by atoms with Crippen LogP contribution in [0.1, 0.15) is 23.1 Å². The van der Waals surface area contributed by atoms with E-state index in [1.807, 2.05) is 6.20 Å². The number of hydrogen-bond acceptors (Lipinski definition) is 5. The maximum absolute atomic E-state index is 11.5. The average molecular weight is 340 g/mol. The van der Waals surface area contributed by atoms with Crippen molar-refractivity contribution in [1.29, 1.82) is 0 Å². The van der Waals surface area contributed by atoms with Crippen molar-refractivity contribution in [3.8, 4) is 0 Å². The second-order valence-corrected chi connectivity index (χ2v) is 5.30. The summed E-state index contributed by atoms with van der Waals surface area (Å²) in [7, 11) is 0. The van der Waals surface area contributed by atoms with Gasteiger partial charge in [-0.25, -0.2) is 14.5 Å². The Morgan fingerprint density at radius 1 is 1.27 bits per heavy atom. The first kappa shape index (κ1) is 14.8. The molecule has 0 amide bonds. The van der Waals surface area contributed by atoms with Crippen molar-refractivity contribution in [2.45, 2.75) is 13.5 Å². The monoisotopic (exact) mass is 339 g/mol. The summed E-state index contributed by atoms with van der Waals surface area (Å²) in [6, 6.07) is 1.68. The van der Waals surface area contributed by atoms with Gasteiger partial charge in [0.2, 0.25) is 0 Å². The van der Waals surface area contributed by atoms with Crippen LogP contribution in [0.15, 0.2) is 24.7 Å². The summed E-state index contributed by atoms with van der Waals surface area (Å²) in [4.78, 5) is 16.0. The van der Waals surface area contributed by atoms with E-state index in [9.17, 15) is 4.79 Å². The van der Waals surface area contributed by atoms with Gasteiger partial charge in [-0.15, -0.1) is 5.10 Å². The maximum atomic E-state index is 11.5. The lowest BCUT2D eigenvalue weighted by molar-refractivity contribution is 0.0519. The lowest BCUT2D eigenvalue weighted by atomic mass is 10.4. The largest absolute Gasteiger partial charge is 0.461 e. The van der Waals surface area contributed by atoms with Crippen molar-refractivity contribution in [2.24, 2.45) is 0 Å². The van der Waals surface area contributed by atoms with E-state index in [1.165, 1.54) is 10.9 Å². The third-order valence-electron chi connectivity index (χ3n) is 2.89. The molecule has 9 heteroatoms. The first-order valence-corrected chi connectivity index (χ1v) is 7.22. The Morgan fingerprint density at radius 3 is 2.86 bits per heavy atom. The molecule has 3 aromatic heterocycles. The van der Waals surface area contributed by atoms with E-state index in [-0.39, 0.29) is 5.69 Å². The van der Waals surface area contributed by atoms with Crippen LogP contribution < -0.4 is 0 Å². The Hall–Kier alpha value is -2.12. The van der Waals surface area contributed by atoms with E-state index >= 15 is 0 Å². The Kier molecular flexibility index (Phi) is 4.00. The third kappa shape index (κ3) is 2.90. The van der Waals surface area contributed by atoms with Crippen LogP contribution in [-0.4, -0.2) is 37.0 Å². The van der Waals surface area contributed by atoms with E-state index in [4.69, 9.17) is 27.9 Å². The molecule has 3 rings (SSSR count). The molecule has 0 radical (unpaired) electrons. The van der Waals surface area contributed by atoms with Crippen LogP contribution in [0.4, 0.5) is 0 Å². The molecule has 3 aromatic rings. The van der Waals surface area contributed by atoms with Crippen molar-refractivity contribution in [3.05, 3.63) is 46.1 Å². The van der Waals surface area contributed by atoms with E-state index < -0.39 is 5.97 Å². The number of rotatable bonds is 4. The summed E-state index contributed by atoms with van der Waals surface area (Å²) in [6.07, 6.45) is 5.01. The van der Waals surface area contributed by atoms with Gasteiger partial charge in [0.05, 0.1) is 35.1 Å². The van der Waals surface area contributed by atoms with Crippen LogP contribution in [-0.2, 0) is 11.3 Å². The molecule has 0 saturated carbocycles. The molecule has 0 aliphatic rings. The lowest BCUT2D eigenvalue weighted by Gasteiger charge is -1.96. The topological polar surface area (TPSA) is 74.3 Å². The number of carbonyl (C=O) groups is 1. The van der Waals surface area contributed by atoms with Crippen molar-refractivity contribution < 1.29 is 9.53 Å². The number of carbonyl (C=O) groups excluding carboxylic acids is 1. The quantitative estimate of drug-likeness (QED) is 0.682. The van der Waals surface area contributed by atoms with E-state index in [2.05, 4.69) is 15.3 Å². The van der Waals surface area contributed by atoms with Gasteiger partial charge in [0.25, 0.3) is 0 Å². The number of pyridine rings is 1. The maximum Gasteiger partial charge on any atom is 0.360 e. The molecular formula is C13H11Cl2N5O2. The predicted octanol–water partition coefficient (Wildman–Crippen LogP) is 2.46. The van der Waals surface area contributed by atoms with Crippen LogP contribution in [0.2, 0.25) is 10.0 Å². The molecule has 22 heavy (non-hydrogen) atoms. The Morgan fingerprint density at radius 2 is 2.09 bits per heavy atom. The predicted molar refractivity (Wildman–Crippen MR) is 80.3 cm³/mol. The molecule has 0 aliphatic heterocycles. The number of esters is 1. The fourth-order valence-electron chi connectivity index (χ4n) is 1.95. The molecule has 7 nitrogen and oxygen atoms in total. The molecule has 0 aromatic carbocycles. The van der Waals surface area contributed by atoms with Gasteiger partial charge in [-0.3, -0.25) is 0 Å². The molecule has 0 atom stereocenters. The molecule has 0 unspecified atom stereocenters. The molecule has 0 spiro atoms. The highest BCUT2D eigenvalue weighted by Gasteiger charge is 2.12. The van der Waals surface area contributed by atoms with Gasteiger partial charge in [0.15, 0.2) is 5.69 Å². The number of hydrogen-bond donors (Lipinski definition) is 0. The highest BCUT2D eigenvalue weighted by Crippen LogP contribution is 2.23. The van der Waals surface area contributed by atoms with Crippen molar-refractivity contribution in [2.75, 3.05) is 6.61 Å². The summed E-state index contributed by atoms with van der Waals surface area (Å²) in [5.41, 5.74) is 1.57. The number of halogens is 2. The summed E-state index contributed by atoms with van der Waals surface area (Å²) >= 11 is 11.9. The van der Waals surface area contributed by atoms with Gasteiger partial charge >= 0.3 is 5.97 Å². The normalized spacial score (nSPS) is 11.0. The standard InChI is InChI=1S/C13H11Cl2N5O2/c1-2-22-13(21)11-7-20(18-17-11)5-8-4-19-6-10(15)9(14)3-12(19)16-8/h3-4,6-7H,2,5H2,1H3. The zero-order valence-electron chi connectivity index (χ0n) is 11.5. The van der Waals surface area contributed by atoms with Crippen molar-refractivity contribution in [3.63, 3.8) is 0 Å². The molecular weight excluding hydrogens is 329 g/mol. The van der Waals surface area contributed by atoms with Crippen LogP contribution >= 0.6 is 23.2 Å². The third-order valence-corrected chi connectivity index (χ3v) is 3.61. The zero-order valence-corrected chi connectivity index (χ0v) is 13.0. The van der Waals surface area contributed by atoms with Crippen LogP contribution in [0.25, 0.3) is 5.65 Å². The number of aromatic nitrogens is 5. The van der Waals surface area contributed by atoms with Crippen molar-refractivity contribution in [1.82, 2.24) is 24.4 Å².